The Labute approximate surface area is 140 Å². The maximum atomic E-state index is 11.9. The molecule has 1 rings (SSSR count). The first-order valence-electron chi connectivity index (χ1n) is 6.78. The molecule has 7 heteroatoms. The Bertz CT molecular complexity index is 541. The lowest BCUT2D eigenvalue weighted by molar-refractivity contribution is -0.129. The van der Waals surface area contributed by atoms with Crippen LogP contribution in [0, 0.1) is 5.41 Å². The van der Waals surface area contributed by atoms with Crippen LogP contribution >= 0.6 is 23.2 Å². The largest absolute Gasteiger partial charge is 0.388 e. The van der Waals surface area contributed by atoms with Gasteiger partial charge in [-0.2, -0.15) is 0 Å². The van der Waals surface area contributed by atoms with E-state index in [9.17, 15) is 14.7 Å². The van der Waals surface area contributed by atoms with Gasteiger partial charge >= 0.3 is 0 Å². The number of aliphatic hydroxyl groups is 1. The van der Waals surface area contributed by atoms with E-state index in [1.165, 1.54) is 0 Å². The second-order valence-corrected chi connectivity index (χ2v) is 6.54. The molecule has 0 bridgehead atoms. The molecular weight excluding hydrogens is 327 g/mol. The summed E-state index contributed by atoms with van der Waals surface area (Å²) in [6.45, 7) is 3.62. The zero-order chi connectivity index (χ0) is 16.9. The van der Waals surface area contributed by atoms with Crippen LogP contribution in [0.2, 0.25) is 10.0 Å². The lowest BCUT2D eigenvalue weighted by atomic mass is 9.92. The van der Waals surface area contributed by atoms with Gasteiger partial charge in [-0.1, -0.05) is 23.2 Å². The zero-order valence-corrected chi connectivity index (χ0v) is 14.3. The molecule has 0 saturated heterocycles. The Kier molecular flexibility index (Phi) is 6.66. The minimum absolute atomic E-state index is 0.138. The van der Waals surface area contributed by atoms with Crippen molar-refractivity contribution in [3.63, 3.8) is 0 Å². The van der Waals surface area contributed by atoms with Crippen molar-refractivity contribution >= 4 is 35.0 Å². The van der Waals surface area contributed by atoms with E-state index in [0.29, 0.717) is 15.6 Å². The molecule has 1 atom stereocenters. The van der Waals surface area contributed by atoms with Gasteiger partial charge in [-0.3, -0.25) is 9.59 Å². The van der Waals surface area contributed by atoms with E-state index in [2.05, 4.69) is 10.6 Å². The molecule has 3 N–H and O–H groups in total. The van der Waals surface area contributed by atoms with Gasteiger partial charge in [-0.05, 0) is 37.6 Å². The number of carbonyl (C=O) groups excluding carboxylic acids is 2. The summed E-state index contributed by atoms with van der Waals surface area (Å²) in [6.07, 6.45) is -1.15. The number of halogens is 2. The van der Waals surface area contributed by atoms with Crippen molar-refractivity contribution in [3.8, 4) is 0 Å². The Morgan fingerprint density at radius 3 is 2.27 bits per heavy atom. The summed E-state index contributed by atoms with van der Waals surface area (Å²) in [5, 5.41) is 16.0. The highest BCUT2D eigenvalue weighted by atomic mass is 35.5. The van der Waals surface area contributed by atoms with Crippen molar-refractivity contribution in [2.45, 2.75) is 26.4 Å². The molecule has 0 heterocycles. The summed E-state index contributed by atoms with van der Waals surface area (Å²) < 4.78 is 0. The molecule has 0 fully saturated rings. The number of rotatable bonds is 6. The lowest BCUT2D eigenvalue weighted by Crippen LogP contribution is -2.43. The molecule has 0 aliphatic rings. The van der Waals surface area contributed by atoms with Gasteiger partial charge in [0.1, 0.15) is 0 Å². The maximum absolute atomic E-state index is 11.9. The number of amides is 2. The predicted molar refractivity (Wildman–Crippen MR) is 86.9 cm³/mol. The minimum atomic E-state index is -1.01. The van der Waals surface area contributed by atoms with Crippen molar-refractivity contribution in [2.24, 2.45) is 5.41 Å². The molecule has 0 radical (unpaired) electrons. The van der Waals surface area contributed by atoms with E-state index in [4.69, 9.17) is 23.2 Å². The second kappa shape index (κ2) is 7.81. The van der Waals surface area contributed by atoms with Crippen LogP contribution < -0.4 is 10.6 Å². The Morgan fingerprint density at radius 2 is 1.77 bits per heavy atom. The maximum Gasteiger partial charge on any atom is 0.227 e. The fourth-order valence-corrected chi connectivity index (χ4v) is 2.41. The van der Waals surface area contributed by atoms with Crippen molar-refractivity contribution in [1.29, 1.82) is 0 Å². The van der Waals surface area contributed by atoms with Crippen LogP contribution in [0.3, 0.4) is 0 Å². The third-order valence-electron chi connectivity index (χ3n) is 3.22. The highest BCUT2D eigenvalue weighted by Gasteiger charge is 2.27. The minimum Gasteiger partial charge on any atom is -0.388 e. The molecule has 1 aromatic rings. The van der Waals surface area contributed by atoms with Gasteiger partial charge < -0.3 is 15.7 Å². The van der Waals surface area contributed by atoms with Crippen molar-refractivity contribution in [1.82, 2.24) is 10.6 Å². The van der Waals surface area contributed by atoms with E-state index in [1.807, 2.05) is 0 Å². The first kappa shape index (κ1) is 18.7. The quantitative estimate of drug-likeness (QED) is 0.739. The van der Waals surface area contributed by atoms with E-state index >= 15 is 0 Å². The first-order valence-corrected chi connectivity index (χ1v) is 7.54. The van der Waals surface area contributed by atoms with Crippen LogP contribution in [0.15, 0.2) is 18.2 Å². The number of hydrogen-bond donors (Lipinski definition) is 3. The smallest absolute Gasteiger partial charge is 0.227 e. The molecule has 5 nitrogen and oxygen atoms in total. The topological polar surface area (TPSA) is 78.4 Å². The summed E-state index contributed by atoms with van der Waals surface area (Å²) >= 11 is 11.7. The summed E-state index contributed by atoms with van der Waals surface area (Å²) in [6, 6.07) is 4.66. The molecule has 1 unspecified atom stereocenters. The van der Waals surface area contributed by atoms with Crippen LogP contribution in [-0.2, 0) is 9.59 Å². The Hall–Kier alpha value is -1.30. The van der Waals surface area contributed by atoms with Crippen LogP contribution in [0.25, 0.3) is 0 Å². The molecule has 0 aliphatic carbocycles. The Morgan fingerprint density at radius 1 is 1.23 bits per heavy atom. The van der Waals surface area contributed by atoms with E-state index < -0.39 is 11.5 Å². The molecular formula is C15H20Cl2N2O3. The summed E-state index contributed by atoms with van der Waals surface area (Å²) in [7, 11) is 1.54. The zero-order valence-electron chi connectivity index (χ0n) is 12.7. The highest BCUT2D eigenvalue weighted by Crippen LogP contribution is 2.25. The highest BCUT2D eigenvalue weighted by molar-refractivity contribution is 6.34. The van der Waals surface area contributed by atoms with Crippen LogP contribution in [0.1, 0.15) is 31.9 Å². The van der Waals surface area contributed by atoms with Crippen molar-refractivity contribution < 1.29 is 14.7 Å². The number of aliphatic hydroxyl groups excluding tert-OH is 1. The predicted octanol–water partition coefficient (Wildman–Crippen LogP) is 2.31. The average molecular weight is 347 g/mol. The van der Waals surface area contributed by atoms with Gasteiger partial charge in [0.25, 0.3) is 0 Å². The van der Waals surface area contributed by atoms with E-state index in [-0.39, 0.29) is 24.8 Å². The lowest BCUT2D eigenvalue weighted by Gasteiger charge is -2.23. The monoisotopic (exact) mass is 346 g/mol. The third kappa shape index (κ3) is 5.48. The van der Waals surface area contributed by atoms with E-state index in [0.717, 1.165) is 0 Å². The fraction of sp³-hybridized carbons (Fsp3) is 0.467. The molecule has 122 valence electrons. The second-order valence-electron chi connectivity index (χ2n) is 5.66. The fourth-order valence-electron chi connectivity index (χ4n) is 1.87. The molecule has 0 aliphatic heterocycles. The Balaban J connectivity index is 2.59. The molecule has 0 spiro atoms. The normalized spacial score (nSPS) is 12.6. The van der Waals surface area contributed by atoms with Crippen molar-refractivity contribution in [3.05, 3.63) is 33.8 Å². The molecule has 0 saturated carbocycles. The summed E-state index contributed by atoms with van der Waals surface area (Å²) in [5.41, 5.74) is -0.257. The first-order chi connectivity index (χ1) is 10.2. The third-order valence-corrected chi connectivity index (χ3v) is 3.65. The number of benzene rings is 1. The average Bonchev–Trinajstić information content (AvgIpc) is 2.43. The standard InChI is InChI=1S/C15H20Cl2N2O3/c1-15(2,14(22)18-3)8-19-13(21)7-12(20)9-4-10(16)6-11(17)5-9/h4-6,12,20H,7-8H2,1-3H3,(H,18,22)(H,19,21). The van der Waals surface area contributed by atoms with Crippen LogP contribution in [0.4, 0.5) is 0 Å². The number of carbonyl (C=O) groups is 2. The number of hydrogen-bond acceptors (Lipinski definition) is 3. The number of nitrogens with one attached hydrogen (secondary N) is 2. The summed E-state index contributed by atoms with van der Waals surface area (Å²) in [5.74, 6) is -0.532. The molecule has 1 aromatic carbocycles. The van der Waals surface area contributed by atoms with Gasteiger partial charge in [-0.25, -0.2) is 0 Å². The van der Waals surface area contributed by atoms with Gasteiger partial charge in [0, 0.05) is 23.6 Å². The molecule has 0 aromatic heterocycles. The van der Waals surface area contributed by atoms with Crippen LogP contribution in [-0.4, -0.2) is 30.5 Å². The van der Waals surface area contributed by atoms with Gasteiger partial charge in [0.15, 0.2) is 0 Å². The van der Waals surface area contributed by atoms with Crippen LogP contribution in [0.5, 0.6) is 0 Å². The van der Waals surface area contributed by atoms with Gasteiger partial charge in [-0.15, -0.1) is 0 Å². The molecule has 2 amide bonds. The van der Waals surface area contributed by atoms with Gasteiger partial charge in [0.2, 0.25) is 11.8 Å². The van der Waals surface area contributed by atoms with E-state index in [1.54, 1.807) is 39.1 Å². The molecule has 22 heavy (non-hydrogen) atoms. The van der Waals surface area contributed by atoms with Gasteiger partial charge in [0.05, 0.1) is 17.9 Å². The van der Waals surface area contributed by atoms with Crippen molar-refractivity contribution in [2.75, 3.05) is 13.6 Å². The SMILES string of the molecule is CNC(=O)C(C)(C)CNC(=O)CC(O)c1cc(Cl)cc(Cl)c1. The summed E-state index contributed by atoms with van der Waals surface area (Å²) in [4.78, 5) is 23.5.